The monoisotopic (exact) mass is 617 g/mol. The fourth-order valence-corrected chi connectivity index (χ4v) is 6.27. The fraction of sp³-hybridized carbons (Fsp3) is 0.727. The molecule has 4 aliphatic rings. The lowest BCUT2D eigenvalue weighted by atomic mass is 9.87. The van der Waals surface area contributed by atoms with Crippen LogP contribution in [-0.2, 0) is 33.3 Å². The maximum Gasteiger partial charge on any atom is 0.303 e. The fourth-order valence-electron chi connectivity index (χ4n) is 6.27. The van der Waals surface area contributed by atoms with Crippen molar-refractivity contribution in [2.24, 2.45) is 5.92 Å². The quantitative estimate of drug-likeness (QED) is 0.164. The van der Waals surface area contributed by atoms with Gasteiger partial charge >= 0.3 is 5.97 Å². The molecule has 0 unspecified atom stereocenters. The third-order valence-corrected chi connectivity index (χ3v) is 9.18. The Morgan fingerprint density at radius 2 is 1.82 bits per heavy atom. The molecule has 0 aromatic carbocycles. The van der Waals surface area contributed by atoms with Gasteiger partial charge in [0.25, 0.3) is 0 Å². The maximum absolute atomic E-state index is 12.9. The average molecular weight is 618 g/mol. The number of rotatable bonds is 10. The first-order valence-electron chi connectivity index (χ1n) is 16.0. The molecule has 0 radical (unpaired) electrons. The Kier molecular flexibility index (Phi) is 11.8. The molecule has 11 nitrogen and oxygen atoms in total. The number of carbonyl (C=O) groups is 3. The number of epoxide rings is 1. The zero-order valence-electron chi connectivity index (χ0n) is 27.1. The van der Waals surface area contributed by atoms with Crippen LogP contribution in [0.2, 0.25) is 0 Å². The van der Waals surface area contributed by atoms with Gasteiger partial charge in [-0.25, -0.2) is 0 Å². The largest absolute Gasteiger partial charge is 0.459 e. The Morgan fingerprint density at radius 3 is 2.48 bits per heavy atom. The number of esters is 1. The van der Waals surface area contributed by atoms with Gasteiger partial charge in [0.1, 0.15) is 23.9 Å². The number of hydrogen-bond donors (Lipinski definition) is 2. The summed E-state index contributed by atoms with van der Waals surface area (Å²) < 4.78 is 23.3. The van der Waals surface area contributed by atoms with Crippen LogP contribution in [0.1, 0.15) is 60.3 Å². The van der Waals surface area contributed by atoms with Gasteiger partial charge in [-0.15, -0.1) is 0 Å². The predicted octanol–water partition coefficient (Wildman–Crippen LogP) is 2.14. The van der Waals surface area contributed by atoms with E-state index < -0.39 is 29.9 Å². The zero-order valence-corrected chi connectivity index (χ0v) is 27.1. The molecular formula is C33H51N3O8. The van der Waals surface area contributed by atoms with E-state index in [4.69, 9.17) is 18.9 Å². The number of nitrogens with one attached hydrogen (secondary N) is 1. The minimum Gasteiger partial charge on any atom is -0.459 e. The number of amides is 2. The van der Waals surface area contributed by atoms with Crippen LogP contribution in [0, 0.1) is 5.92 Å². The number of carbonyl (C=O) groups excluding carboxylic acids is 3. The number of allylic oxidation sites excluding steroid dienone is 2. The maximum atomic E-state index is 12.9. The van der Waals surface area contributed by atoms with E-state index in [1.54, 1.807) is 13.0 Å². The van der Waals surface area contributed by atoms with Crippen LogP contribution in [0.15, 0.2) is 36.0 Å². The van der Waals surface area contributed by atoms with Gasteiger partial charge in [0, 0.05) is 45.6 Å². The molecular weight excluding hydrogens is 566 g/mol. The third kappa shape index (κ3) is 9.47. The summed E-state index contributed by atoms with van der Waals surface area (Å²) in [5, 5.41) is 14.0. The Morgan fingerprint density at radius 1 is 1.11 bits per heavy atom. The summed E-state index contributed by atoms with van der Waals surface area (Å²) >= 11 is 0. The molecule has 4 fully saturated rings. The molecule has 4 rings (SSSR count). The summed E-state index contributed by atoms with van der Waals surface area (Å²) in [4.78, 5) is 40.5. The van der Waals surface area contributed by atoms with E-state index >= 15 is 0 Å². The van der Waals surface area contributed by atoms with Crippen LogP contribution in [0.4, 0.5) is 0 Å². The van der Waals surface area contributed by atoms with Gasteiger partial charge < -0.3 is 39.2 Å². The lowest BCUT2D eigenvalue weighted by Crippen LogP contribution is -2.52. The van der Waals surface area contributed by atoms with Gasteiger partial charge in [-0.2, -0.15) is 0 Å². The van der Waals surface area contributed by atoms with E-state index in [0.717, 1.165) is 38.2 Å². The molecule has 44 heavy (non-hydrogen) atoms. The molecule has 0 aromatic heterocycles. The number of ether oxygens (including phenoxy) is 4. The third-order valence-electron chi connectivity index (χ3n) is 9.18. The Hall–Kier alpha value is -2.57. The first-order valence-corrected chi connectivity index (χ1v) is 16.0. The van der Waals surface area contributed by atoms with Crippen molar-refractivity contribution in [1.29, 1.82) is 0 Å². The van der Waals surface area contributed by atoms with E-state index in [-0.39, 0.29) is 42.1 Å². The minimum atomic E-state index is -0.782. The van der Waals surface area contributed by atoms with Crippen molar-refractivity contribution in [1.82, 2.24) is 15.1 Å². The molecule has 4 aliphatic heterocycles. The highest BCUT2D eigenvalue weighted by molar-refractivity contribution is 5.87. The Bertz CT molecular complexity index is 1110. The van der Waals surface area contributed by atoms with Crippen LogP contribution >= 0.6 is 0 Å². The van der Waals surface area contributed by atoms with Crippen LogP contribution in [-0.4, -0.2) is 121 Å². The number of piperazine rings is 1. The van der Waals surface area contributed by atoms with Crippen molar-refractivity contribution >= 4 is 17.8 Å². The van der Waals surface area contributed by atoms with Crippen molar-refractivity contribution in [2.75, 3.05) is 39.8 Å². The highest BCUT2D eigenvalue weighted by atomic mass is 16.6. The van der Waals surface area contributed by atoms with Crippen molar-refractivity contribution in [3.8, 4) is 0 Å². The molecule has 0 aromatic rings. The van der Waals surface area contributed by atoms with E-state index in [2.05, 4.69) is 30.3 Å². The van der Waals surface area contributed by atoms with Crippen LogP contribution in [0.3, 0.4) is 0 Å². The summed E-state index contributed by atoms with van der Waals surface area (Å²) in [6, 6.07) is -0.120. The smallest absolute Gasteiger partial charge is 0.303 e. The lowest BCUT2D eigenvalue weighted by molar-refractivity contribution is -0.152. The molecule has 9 atom stereocenters. The number of hydrogen-bond acceptors (Lipinski definition) is 9. The summed E-state index contributed by atoms with van der Waals surface area (Å²) in [5.74, 6) is -0.317. The normalized spacial score (nSPS) is 35.7. The summed E-state index contributed by atoms with van der Waals surface area (Å²) in [6.45, 7) is 12.8. The second-order valence-corrected chi connectivity index (χ2v) is 13.0. The van der Waals surface area contributed by atoms with Crippen LogP contribution in [0.25, 0.3) is 0 Å². The van der Waals surface area contributed by atoms with Gasteiger partial charge in [0.05, 0.1) is 37.4 Å². The second-order valence-electron chi connectivity index (χ2n) is 13.0. The number of nitrogens with zero attached hydrogens (tertiary/aromatic N) is 2. The molecule has 11 heteroatoms. The van der Waals surface area contributed by atoms with Crippen LogP contribution in [0.5, 0.6) is 0 Å². The van der Waals surface area contributed by atoms with Crippen molar-refractivity contribution in [3.05, 3.63) is 36.0 Å². The van der Waals surface area contributed by atoms with Gasteiger partial charge in [0.2, 0.25) is 11.8 Å². The first-order chi connectivity index (χ1) is 20.8. The number of aliphatic hydroxyl groups excluding tert-OH is 1. The average Bonchev–Trinajstić information content (AvgIpc) is 3.74. The SMILES string of the molecule is CC(=O)O[C@@H](C)/C=C\C(=O)N[C@@H]1C[C@H](C)[C@H](C/C=C(C)/C=C/[C@H]2O[C@H](CC(=O)N3CCN(C)CC3)C[C@@]3(CO3)[C@H]2O)O[C@@H]1C. The second kappa shape index (κ2) is 15.1. The Labute approximate surface area is 261 Å². The highest BCUT2D eigenvalue weighted by Crippen LogP contribution is 2.43. The van der Waals surface area contributed by atoms with Crippen LogP contribution < -0.4 is 5.32 Å². The summed E-state index contributed by atoms with van der Waals surface area (Å²) in [6.07, 6.45) is 8.96. The minimum absolute atomic E-state index is 0.00524. The van der Waals surface area contributed by atoms with Crippen molar-refractivity contribution in [2.45, 2.75) is 109 Å². The topological polar surface area (TPSA) is 130 Å². The van der Waals surface area contributed by atoms with E-state index in [9.17, 15) is 19.5 Å². The van der Waals surface area contributed by atoms with Gasteiger partial charge in [0.15, 0.2) is 0 Å². The Balaban J connectivity index is 1.26. The van der Waals surface area contributed by atoms with E-state index in [0.29, 0.717) is 25.9 Å². The first kappa shape index (κ1) is 34.3. The molecule has 0 bridgehead atoms. The molecule has 2 N–H and O–H groups in total. The van der Waals surface area contributed by atoms with Crippen molar-refractivity contribution in [3.63, 3.8) is 0 Å². The molecule has 4 heterocycles. The number of likely N-dealkylation sites (N-methyl/N-ethyl adjacent to an activating group) is 1. The number of aliphatic hydroxyl groups is 1. The van der Waals surface area contributed by atoms with E-state index in [1.165, 1.54) is 13.0 Å². The standard InChI is InChI=1S/C33H51N3O8/c1-21(7-10-28-22(2)17-27(24(4)43-28)34-30(38)12-9-23(3)42-25(5)37)8-11-29-32(40)33(20-41-33)19-26(44-29)18-31(39)36-15-13-35(6)14-16-36/h7-9,11-12,22-24,26-29,32,40H,10,13-20H2,1-6H3,(H,34,38)/b11-8+,12-9-,21-7+/t22-,23-,24+,26+,27+,28-,29+,32-,33+/m0/s1. The molecule has 0 saturated carbocycles. The van der Waals surface area contributed by atoms with Gasteiger partial charge in [-0.05, 0) is 52.7 Å². The lowest BCUT2D eigenvalue weighted by Gasteiger charge is -2.39. The molecule has 4 saturated heterocycles. The summed E-state index contributed by atoms with van der Waals surface area (Å²) in [7, 11) is 2.06. The van der Waals surface area contributed by atoms with Gasteiger partial charge in [-0.3, -0.25) is 14.4 Å². The summed E-state index contributed by atoms with van der Waals surface area (Å²) in [5.41, 5.74) is 0.398. The molecule has 2 amide bonds. The zero-order chi connectivity index (χ0) is 32.0. The predicted molar refractivity (Wildman–Crippen MR) is 165 cm³/mol. The molecule has 246 valence electrons. The van der Waals surface area contributed by atoms with E-state index in [1.807, 2.05) is 30.9 Å². The van der Waals surface area contributed by atoms with Gasteiger partial charge in [-0.1, -0.05) is 30.7 Å². The molecule has 1 spiro atoms. The molecule has 0 aliphatic carbocycles. The van der Waals surface area contributed by atoms with Crippen molar-refractivity contribution < 1.29 is 38.4 Å². The highest BCUT2D eigenvalue weighted by Gasteiger charge is 2.58.